The normalized spacial score (nSPS) is 20.1. The van der Waals surface area contributed by atoms with E-state index in [1.165, 1.54) is 5.56 Å². The molecule has 1 saturated heterocycles. The smallest absolute Gasteiger partial charge is 0.191 e. The largest absolute Gasteiger partial charge is 0.379 e. The Bertz CT molecular complexity index is 980. The first kappa shape index (κ1) is 18.0. The van der Waals surface area contributed by atoms with Gasteiger partial charge in [-0.1, -0.05) is 6.07 Å². The zero-order chi connectivity index (χ0) is 19.6. The molecular formula is C22H23N5O2. The number of amidine groups is 1. The number of fused-ring (bicyclic) bond motifs is 3. The zero-order valence-corrected chi connectivity index (χ0v) is 16.2. The van der Waals surface area contributed by atoms with Crippen LogP contribution in [-0.4, -0.2) is 65.8 Å². The van der Waals surface area contributed by atoms with Crippen LogP contribution in [0.1, 0.15) is 21.5 Å². The van der Waals surface area contributed by atoms with Gasteiger partial charge in [0.2, 0.25) is 0 Å². The van der Waals surface area contributed by atoms with Crippen LogP contribution in [0.5, 0.6) is 0 Å². The highest BCUT2D eigenvalue weighted by Crippen LogP contribution is 2.31. The maximum atomic E-state index is 12.7. The van der Waals surface area contributed by atoms with E-state index in [1.54, 1.807) is 30.6 Å². The lowest BCUT2D eigenvalue weighted by Gasteiger charge is -2.32. The molecule has 0 bridgehead atoms. The molecule has 2 aromatic rings. The van der Waals surface area contributed by atoms with Gasteiger partial charge < -0.3 is 15.0 Å². The highest BCUT2D eigenvalue weighted by atomic mass is 16.5. The topological polar surface area (TPSA) is 70.1 Å². The predicted octanol–water partition coefficient (Wildman–Crippen LogP) is 2.13. The fraction of sp³-hybridized carbons (Fsp3) is 0.318. The number of carbonyl (C=O) groups excluding carboxylic acids is 1. The summed E-state index contributed by atoms with van der Waals surface area (Å²) in [5.74, 6) is 1.63. The van der Waals surface area contributed by atoms with Crippen molar-refractivity contribution in [2.24, 2.45) is 4.99 Å². The summed E-state index contributed by atoms with van der Waals surface area (Å²) in [6, 6.07) is 10.0. The van der Waals surface area contributed by atoms with Crippen molar-refractivity contribution in [1.29, 1.82) is 0 Å². The third kappa shape index (κ3) is 3.66. The Balaban J connectivity index is 1.43. The Hall–Kier alpha value is -3.03. The van der Waals surface area contributed by atoms with Crippen LogP contribution in [0.25, 0.3) is 0 Å². The number of nitrogens with zero attached hydrogens (tertiary/aromatic N) is 4. The second-order valence-electron chi connectivity index (χ2n) is 7.39. The van der Waals surface area contributed by atoms with Crippen LogP contribution in [0.4, 0.5) is 5.69 Å². The first-order chi connectivity index (χ1) is 14.3. The van der Waals surface area contributed by atoms with E-state index in [9.17, 15) is 4.79 Å². The van der Waals surface area contributed by atoms with Crippen LogP contribution in [-0.2, 0) is 11.3 Å². The molecule has 148 valence electrons. The van der Waals surface area contributed by atoms with Gasteiger partial charge in [0.1, 0.15) is 11.7 Å². The van der Waals surface area contributed by atoms with Crippen LogP contribution in [0, 0.1) is 0 Å². The third-order valence-electron chi connectivity index (χ3n) is 5.44. The second kappa shape index (κ2) is 7.77. The number of hydrogen-bond donors (Lipinski definition) is 1. The minimum absolute atomic E-state index is 0.0697. The van der Waals surface area contributed by atoms with Crippen LogP contribution in [0.3, 0.4) is 0 Å². The minimum atomic E-state index is -0.0697. The molecule has 7 heteroatoms. The van der Waals surface area contributed by atoms with E-state index in [0.29, 0.717) is 5.56 Å². The molecule has 0 aliphatic carbocycles. The molecule has 5 rings (SSSR count). The summed E-state index contributed by atoms with van der Waals surface area (Å²) in [4.78, 5) is 25.9. The quantitative estimate of drug-likeness (QED) is 0.638. The Kier molecular flexibility index (Phi) is 4.83. The van der Waals surface area contributed by atoms with Crippen molar-refractivity contribution >= 4 is 17.3 Å². The molecule has 0 unspecified atom stereocenters. The van der Waals surface area contributed by atoms with E-state index in [4.69, 9.17) is 4.74 Å². The number of aromatic nitrogens is 1. The molecule has 1 fully saturated rings. The lowest BCUT2D eigenvalue weighted by Crippen LogP contribution is -2.37. The zero-order valence-electron chi connectivity index (χ0n) is 16.2. The summed E-state index contributed by atoms with van der Waals surface area (Å²) < 4.78 is 5.44. The number of ether oxygens (including phenoxy) is 1. The number of benzene rings is 1. The van der Waals surface area contributed by atoms with Crippen molar-refractivity contribution < 1.29 is 9.53 Å². The van der Waals surface area contributed by atoms with Gasteiger partial charge in [-0.25, -0.2) is 0 Å². The highest BCUT2D eigenvalue weighted by molar-refractivity contribution is 6.10. The third-order valence-corrected chi connectivity index (χ3v) is 5.44. The first-order valence-corrected chi connectivity index (χ1v) is 9.96. The number of hydrogen-bond acceptors (Lipinski definition) is 7. The van der Waals surface area contributed by atoms with Gasteiger partial charge in [0, 0.05) is 55.8 Å². The summed E-state index contributed by atoms with van der Waals surface area (Å²) in [6.07, 6.45) is 4.91. The Labute approximate surface area is 169 Å². The van der Waals surface area contributed by atoms with Crippen molar-refractivity contribution in [2.45, 2.75) is 6.54 Å². The van der Waals surface area contributed by atoms with Crippen molar-refractivity contribution in [3.8, 4) is 0 Å². The van der Waals surface area contributed by atoms with Crippen LogP contribution in [0.2, 0.25) is 0 Å². The maximum Gasteiger partial charge on any atom is 0.191 e. The van der Waals surface area contributed by atoms with Gasteiger partial charge in [-0.2, -0.15) is 0 Å². The van der Waals surface area contributed by atoms with Crippen molar-refractivity contribution in [2.75, 3.05) is 44.7 Å². The molecule has 7 nitrogen and oxygen atoms in total. The van der Waals surface area contributed by atoms with E-state index in [1.807, 2.05) is 0 Å². The molecule has 1 aromatic carbocycles. The number of allylic oxidation sites excluding steroid dienone is 1. The molecule has 1 aromatic heterocycles. The number of pyridine rings is 1. The number of nitrogens with one attached hydrogen (secondary N) is 1. The van der Waals surface area contributed by atoms with Gasteiger partial charge in [0.05, 0.1) is 25.4 Å². The fourth-order valence-corrected chi connectivity index (χ4v) is 3.95. The molecule has 0 saturated carbocycles. The highest BCUT2D eigenvalue weighted by Gasteiger charge is 2.30. The second-order valence-corrected chi connectivity index (χ2v) is 7.39. The van der Waals surface area contributed by atoms with E-state index < -0.39 is 0 Å². The number of aliphatic imine (C=N–C) groups is 1. The lowest BCUT2D eigenvalue weighted by atomic mass is 10.0. The monoisotopic (exact) mass is 389 g/mol. The van der Waals surface area contributed by atoms with Gasteiger partial charge in [0.25, 0.3) is 0 Å². The van der Waals surface area contributed by atoms with Crippen LogP contribution >= 0.6 is 0 Å². The van der Waals surface area contributed by atoms with Crippen molar-refractivity contribution in [3.05, 3.63) is 71.3 Å². The van der Waals surface area contributed by atoms with Gasteiger partial charge in [-0.15, -0.1) is 0 Å². The van der Waals surface area contributed by atoms with Crippen LogP contribution < -0.4 is 5.32 Å². The molecule has 0 spiro atoms. The summed E-state index contributed by atoms with van der Waals surface area (Å²) in [5, 5.41) is 3.47. The average Bonchev–Trinajstić information content (AvgIpc) is 3.25. The summed E-state index contributed by atoms with van der Waals surface area (Å²) in [5.41, 5.74) is 3.89. The molecule has 4 heterocycles. The summed E-state index contributed by atoms with van der Waals surface area (Å²) in [6.45, 7) is 5.87. The fourth-order valence-electron chi connectivity index (χ4n) is 3.95. The average molecular weight is 389 g/mol. The van der Waals surface area contributed by atoms with Crippen molar-refractivity contribution in [3.63, 3.8) is 0 Å². The standard InChI is InChI=1S/C22H23N5O2/c28-20(17-2-1-5-23-14-17)13-21-25-19-12-16(15-26-8-10-29-11-9-26)3-4-18(19)22-24-6-7-27(21)22/h1-5,12-14,25H,6-11,15H2. The SMILES string of the molecule is O=C(C=C1Nc2cc(CN3CCOCC3)ccc2C2=NCCN12)c1cccnc1. The van der Waals surface area contributed by atoms with E-state index in [0.717, 1.165) is 68.8 Å². The van der Waals surface area contributed by atoms with Crippen molar-refractivity contribution in [1.82, 2.24) is 14.8 Å². The Morgan fingerprint density at radius 1 is 1.21 bits per heavy atom. The van der Waals surface area contributed by atoms with E-state index in [2.05, 4.69) is 43.3 Å². The summed E-state index contributed by atoms with van der Waals surface area (Å²) >= 11 is 0. The van der Waals surface area contributed by atoms with Gasteiger partial charge >= 0.3 is 0 Å². The first-order valence-electron chi connectivity index (χ1n) is 9.96. The molecule has 1 N–H and O–H groups in total. The molecule has 0 atom stereocenters. The number of rotatable bonds is 4. The maximum absolute atomic E-state index is 12.7. The predicted molar refractivity (Wildman–Crippen MR) is 111 cm³/mol. The lowest BCUT2D eigenvalue weighted by molar-refractivity contribution is 0.0342. The van der Waals surface area contributed by atoms with Gasteiger partial charge in [-0.05, 0) is 29.8 Å². The minimum Gasteiger partial charge on any atom is -0.379 e. The molecule has 0 radical (unpaired) electrons. The van der Waals surface area contributed by atoms with E-state index in [-0.39, 0.29) is 5.78 Å². The number of ketones is 1. The molecule has 29 heavy (non-hydrogen) atoms. The molecular weight excluding hydrogens is 366 g/mol. The number of morpholine rings is 1. The Morgan fingerprint density at radius 3 is 2.93 bits per heavy atom. The number of carbonyl (C=O) groups is 1. The van der Waals surface area contributed by atoms with Crippen LogP contribution in [0.15, 0.2) is 59.6 Å². The molecule has 3 aliphatic rings. The Morgan fingerprint density at radius 2 is 2.10 bits per heavy atom. The number of anilines is 1. The molecule has 0 amide bonds. The van der Waals surface area contributed by atoms with Gasteiger partial charge in [-0.3, -0.25) is 19.7 Å². The molecule has 3 aliphatic heterocycles. The van der Waals surface area contributed by atoms with Gasteiger partial charge in [0.15, 0.2) is 5.78 Å². The summed E-state index contributed by atoms with van der Waals surface area (Å²) in [7, 11) is 0. The van der Waals surface area contributed by atoms with E-state index >= 15 is 0 Å².